The van der Waals surface area contributed by atoms with Gasteiger partial charge in [0.15, 0.2) is 5.16 Å². The number of carbonyl (C=O) groups excluding carboxylic acids is 1. The van der Waals surface area contributed by atoms with E-state index in [1.54, 1.807) is 0 Å². The van der Waals surface area contributed by atoms with Crippen molar-refractivity contribution in [2.75, 3.05) is 5.75 Å². The smallest absolute Gasteiger partial charge is 0.316 e. The van der Waals surface area contributed by atoms with Crippen molar-refractivity contribution in [1.29, 1.82) is 0 Å². The van der Waals surface area contributed by atoms with Crippen LogP contribution in [-0.4, -0.2) is 32.6 Å². The zero-order valence-corrected chi connectivity index (χ0v) is 16.7. The molecule has 0 atom stereocenters. The molecule has 0 saturated carbocycles. The molecular weight excluding hydrogens is 382 g/mol. The molecule has 0 saturated heterocycles. The summed E-state index contributed by atoms with van der Waals surface area (Å²) >= 11 is 7.34. The second-order valence-corrected chi connectivity index (χ2v) is 7.58. The van der Waals surface area contributed by atoms with Crippen molar-refractivity contribution >= 4 is 29.3 Å². The molecule has 0 N–H and O–H groups in total. The predicted octanol–water partition coefficient (Wildman–Crippen LogP) is 4.56. The number of benzene rings is 2. The first-order valence-corrected chi connectivity index (χ1v) is 9.95. The number of halogens is 1. The molecule has 0 aliphatic heterocycles. The predicted molar refractivity (Wildman–Crippen MR) is 108 cm³/mol. The minimum Gasteiger partial charge on any atom is -0.462 e. The average Bonchev–Trinajstić information content (AvgIpc) is 3.03. The summed E-state index contributed by atoms with van der Waals surface area (Å²) in [6.07, 6.45) is 0.494. The fourth-order valence-corrected chi connectivity index (χ4v) is 3.44. The first-order chi connectivity index (χ1) is 13.0. The lowest BCUT2D eigenvalue weighted by Gasteiger charge is -2.11. The van der Waals surface area contributed by atoms with Crippen LogP contribution in [-0.2, 0) is 16.0 Å². The number of aromatic nitrogens is 3. The number of nitrogens with zero attached hydrogens (tertiary/aromatic N) is 3. The molecule has 0 aliphatic rings. The summed E-state index contributed by atoms with van der Waals surface area (Å²) in [5.41, 5.74) is 2.03. The third-order valence-corrected chi connectivity index (χ3v) is 4.83. The van der Waals surface area contributed by atoms with Crippen LogP contribution in [0, 0.1) is 0 Å². The van der Waals surface area contributed by atoms with E-state index >= 15 is 0 Å². The Hall–Kier alpha value is -2.31. The van der Waals surface area contributed by atoms with Crippen LogP contribution in [0.2, 0.25) is 5.02 Å². The third-order valence-electron chi connectivity index (χ3n) is 3.68. The molecule has 1 heterocycles. The van der Waals surface area contributed by atoms with Gasteiger partial charge in [-0.15, -0.1) is 10.2 Å². The number of rotatable bonds is 7. The number of esters is 1. The maximum Gasteiger partial charge on any atom is 0.316 e. The summed E-state index contributed by atoms with van der Waals surface area (Å²) in [6.45, 7) is 3.66. The Labute approximate surface area is 167 Å². The Morgan fingerprint density at radius 3 is 2.48 bits per heavy atom. The van der Waals surface area contributed by atoms with Crippen molar-refractivity contribution in [3.05, 3.63) is 71.0 Å². The van der Waals surface area contributed by atoms with Crippen LogP contribution in [0.4, 0.5) is 0 Å². The van der Waals surface area contributed by atoms with Crippen LogP contribution < -0.4 is 0 Å². The van der Waals surface area contributed by atoms with E-state index in [0.29, 0.717) is 16.6 Å². The summed E-state index contributed by atoms with van der Waals surface area (Å²) in [5.74, 6) is 0.698. The van der Waals surface area contributed by atoms with Crippen LogP contribution in [0.5, 0.6) is 0 Å². The molecule has 3 aromatic rings. The van der Waals surface area contributed by atoms with E-state index in [9.17, 15) is 4.79 Å². The van der Waals surface area contributed by atoms with E-state index in [4.69, 9.17) is 16.3 Å². The van der Waals surface area contributed by atoms with E-state index in [-0.39, 0.29) is 17.8 Å². The van der Waals surface area contributed by atoms with Gasteiger partial charge in [0, 0.05) is 17.1 Å². The highest BCUT2D eigenvalue weighted by Crippen LogP contribution is 2.24. The number of carbonyl (C=O) groups is 1. The highest BCUT2D eigenvalue weighted by Gasteiger charge is 2.17. The fraction of sp³-hybridized carbons (Fsp3) is 0.250. The molecule has 1 aromatic heterocycles. The number of ether oxygens (including phenoxy) is 1. The van der Waals surface area contributed by atoms with Crippen molar-refractivity contribution in [1.82, 2.24) is 14.8 Å². The summed E-state index contributed by atoms with van der Waals surface area (Å²) < 4.78 is 7.16. The molecule has 5 nitrogen and oxygen atoms in total. The number of thioether (sulfide) groups is 1. The van der Waals surface area contributed by atoms with Gasteiger partial charge in [-0.25, -0.2) is 0 Å². The van der Waals surface area contributed by atoms with Crippen molar-refractivity contribution in [2.24, 2.45) is 0 Å². The zero-order valence-electron chi connectivity index (χ0n) is 15.1. The fourth-order valence-electron chi connectivity index (χ4n) is 2.56. The molecule has 140 valence electrons. The van der Waals surface area contributed by atoms with Crippen LogP contribution in [0.3, 0.4) is 0 Å². The lowest BCUT2D eigenvalue weighted by molar-refractivity contribution is -0.144. The van der Waals surface area contributed by atoms with Gasteiger partial charge < -0.3 is 4.74 Å². The summed E-state index contributed by atoms with van der Waals surface area (Å²) in [4.78, 5) is 11.9. The molecule has 0 spiro atoms. The first-order valence-electron chi connectivity index (χ1n) is 8.59. The molecule has 2 aromatic carbocycles. The first kappa shape index (κ1) is 19.5. The van der Waals surface area contributed by atoms with Crippen molar-refractivity contribution in [3.8, 4) is 5.69 Å². The molecule has 0 bridgehead atoms. The van der Waals surface area contributed by atoms with Gasteiger partial charge in [-0.2, -0.15) is 0 Å². The highest BCUT2D eigenvalue weighted by molar-refractivity contribution is 7.99. The monoisotopic (exact) mass is 401 g/mol. The second-order valence-electron chi connectivity index (χ2n) is 6.20. The molecule has 7 heteroatoms. The van der Waals surface area contributed by atoms with Crippen molar-refractivity contribution in [3.63, 3.8) is 0 Å². The van der Waals surface area contributed by atoms with Crippen molar-refractivity contribution in [2.45, 2.75) is 31.5 Å². The molecular formula is C20H20ClN3O2S. The minimum absolute atomic E-state index is 0.138. The van der Waals surface area contributed by atoms with Gasteiger partial charge in [-0.05, 0) is 43.7 Å². The topological polar surface area (TPSA) is 57.0 Å². The van der Waals surface area contributed by atoms with Crippen LogP contribution >= 0.6 is 23.4 Å². The Morgan fingerprint density at radius 1 is 1.11 bits per heavy atom. The van der Waals surface area contributed by atoms with Gasteiger partial charge >= 0.3 is 5.97 Å². The van der Waals surface area contributed by atoms with E-state index in [0.717, 1.165) is 17.1 Å². The van der Waals surface area contributed by atoms with Gasteiger partial charge in [-0.1, -0.05) is 53.7 Å². The average molecular weight is 402 g/mol. The minimum atomic E-state index is -0.273. The summed E-state index contributed by atoms with van der Waals surface area (Å²) in [6, 6.07) is 17.5. The van der Waals surface area contributed by atoms with Crippen LogP contribution in [0.1, 0.15) is 25.2 Å². The quantitative estimate of drug-likeness (QED) is 0.429. The third kappa shape index (κ3) is 5.34. The molecule has 0 fully saturated rings. The lowest BCUT2D eigenvalue weighted by Crippen LogP contribution is -2.13. The second kappa shape index (κ2) is 9.06. The van der Waals surface area contributed by atoms with E-state index in [1.807, 2.05) is 73.0 Å². The Kier molecular flexibility index (Phi) is 6.53. The van der Waals surface area contributed by atoms with Gasteiger partial charge in [0.1, 0.15) is 5.82 Å². The Bertz CT molecular complexity index is 895. The standard InChI is InChI=1S/C20H20ClN3O2S/c1-14(2)26-19(25)13-27-20-23-22-18(12-15-6-4-3-5-7-15)24(20)17-10-8-16(21)9-11-17/h3-11,14H,12-13H2,1-2H3. The van der Waals surface area contributed by atoms with E-state index < -0.39 is 0 Å². The normalized spacial score (nSPS) is 11.0. The van der Waals surface area contributed by atoms with Crippen LogP contribution in [0.15, 0.2) is 59.8 Å². The van der Waals surface area contributed by atoms with Crippen LogP contribution in [0.25, 0.3) is 5.69 Å². The van der Waals surface area contributed by atoms with Gasteiger partial charge in [0.05, 0.1) is 11.9 Å². The largest absolute Gasteiger partial charge is 0.462 e. The molecule has 0 amide bonds. The molecule has 0 unspecified atom stereocenters. The molecule has 27 heavy (non-hydrogen) atoms. The van der Waals surface area contributed by atoms with Gasteiger partial charge in [0.25, 0.3) is 0 Å². The van der Waals surface area contributed by atoms with E-state index in [2.05, 4.69) is 10.2 Å². The maximum absolute atomic E-state index is 11.9. The van der Waals surface area contributed by atoms with E-state index in [1.165, 1.54) is 11.8 Å². The number of hydrogen-bond acceptors (Lipinski definition) is 5. The highest BCUT2D eigenvalue weighted by atomic mass is 35.5. The molecule has 0 aliphatic carbocycles. The maximum atomic E-state index is 11.9. The van der Waals surface area contributed by atoms with Gasteiger partial charge in [-0.3, -0.25) is 9.36 Å². The number of hydrogen-bond donors (Lipinski definition) is 0. The molecule has 3 rings (SSSR count). The Balaban J connectivity index is 1.88. The molecule has 0 radical (unpaired) electrons. The van der Waals surface area contributed by atoms with Crippen molar-refractivity contribution < 1.29 is 9.53 Å². The zero-order chi connectivity index (χ0) is 19.2. The Morgan fingerprint density at radius 2 is 1.81 bits per heavy atom. The SMILES string of the molecule is CC(C)OC(=O)CSc1nnc(Cc2ccccc2)n1-c1ccc(Cl)cc1. The summed E-state index contributed by atoms with van der Waals surface area (Å²) in [7, 11) is 0. The van der Waals surface area contributed by atoms with Gasteiger partial charge in [0.2, 0.25) is 0 Å². The lowest BCUT2D eigenvalue weighted by atomic mass is 10.1. The summed E-state index contributed by atoms with van der Waals surface area (Å²) in [5, 5.41) is 9.95.